The fraction of sp³-hybridized carbons (Fsp3) is 0.600. The normalized spacial score (nSPS) is 25.6. The van der Waals surface area contributed by atoms with Crippen molar-refractivity contribution >= 4 is 5.97 Å². The highest BCUT2D eigenvalue weighted by Crippen LogP contribution is 2.49. The number of carboxylic acids is 1. The Kier molecular flexibility index (Phi) is 4.00. The Morgan fingerprint density at radius 1 is 1.43 bits per heavy atom. The van der Waals surface area contributed by atoms with E-state index < -0.39 is 29.5 Å². The van der Waals surface area contributed by atoms with Gasteiger partial charge in [0.25, 0.3) is 0 Å². The molecule has 1 heterocycles. The number of aromatic nitrogens is 1. The Balaban J connectivity index is 2.48. The molecule has 1 fully saturated rings. The number of carbonyl (C=O) groups is 1. The minimum atomic E-state index is -4.50. The second-order valence-corrected chi connectivity index (χ2v) is 6.42. The number of pyridine rings is 1. The second kappa shape index (κ2) is 5.31. The average Bonchev–Trinajstić information content (AvgIpc) is 2.36. The predicted molar refractivity (Wildman–Crippen MR) is 70.7 cm³/mol. The van der Waals surface area contributed by atoms with Crippen LogP contribution in [0.25, 0.3) is 0 Å². The van der Waals surface area contributed by atoms with Crippen LogP contribution in [0.15, 0.2) is 18.5 Å². The van der Waals surface area contributed by atoms with Gasteiger partial charge in [-0.2, -0.15) is 13.2 Å². The highest BCUT2D eigenvalue weighted by atomic mass is 19.4. The maximum absolute atomic E-state index is 13.1. The Morgan fingerprint density at radius 2 is 2.10 bits per heavy atom. The number of hydrogen-bond donors (Lipinski definition) is 1. The van der Waals surface area contributed by atoms with E-state index in [2.05, 4.69) is 4.98 Å². The van der Waals surface area contributed by atoms with E-state index in [1.165, 1.54) is 6.20 Å². The first-order chi connectivity index (χ1) is 9.62. The quantitative estimate of drug-likeness (QED) is 0.895. The predicted octanol–water partition coefficient (Wildman–Crippen LogP) is 4.09. The molecule has 1 aliphatic rings. The molecule has 116 valence electrons. The van der Waals surface area contributed by atoms with Gasteiger partial charge in [0.2, 0.25) is 0 Å². The third-order valence-corrected chi connectivity index (χ3v) is 4.26. The summed E-state index contributed by atoms with van der Waals surface area (Å²) >= 11 is 0. The molecule has 0 amide bonds. The molecular weight excluding hydrogens is 283 g/mol. The van der Waals surface area contributed by atoms with Crippen LogP contribution in [0.1, 0.15) is 50.2 Å². The number of nitrogens with zero attached hydrogens (tertiary/aromatic N) is 1. The van der Waals surface area contributed by atoms with E-state index in [-0.39, 0.29) is 11.0 Å². The fourth-order valence-electron chi connectivity index (χ4n) is 3.17. The summed E-state index contributed by atoms with van der Waals surface area (Å²) < 4.78 is 39.4. The first-order valence-corrected chi connectivity index (χ1v) is 6.86. The molecule has 6 heteroatoms. The molecule has 0 aliphatic heterocycles. The Bertz CT molecular complexity index is 540. The maximum atomic E-state index is 13.1. The van der Waals surface area contributed by atoms with Gasteiger partial charge in [0.15, 0.2) is 0 Å². The lowest BCUT2D eigenvalue weighted by atomic mass is 9.65. The molecule has 3 nitrogen and oxygen atoms in total. The lowest BCUT2D eigenvalue weighted by molar-refractivity contribution is -0.146. The Hall–Kier alpha value is -1.59. The highest BCUT2D eigenvalue weighted by Gasteiger charge is 2.43. The SMILES string of the molecule is CC1(C)CCC(C(=O)O)C(c2cnccc2C(F)(F)F)C1. The molecule has 1 saturated carbocycles. The van der Waals surface area contributed by atoms with E-state index in [1.807, 2.05) is 13.8 Å². The van der Waals surface area contributed by atoms with Gasteiger partial charge in [-0.3, -0.25) is 9.78 Å². The van der Waals surface area contributed by atoms with Gasteiger partial charge in [0.05, 0.1) is 11.5 Å². The van der Waals surface area contributed by atoms with E-state index in [9.17, 15) is 23.1 Å². The number of hydrogen-bond acceptors (Lipinski definition) is 2. The third kappa shape index (κ3) is 3.36. The number of rotatable bonds is 2. The van der Waals surface area contributed by atoms with Crippen LogP contribution in [0.4, 0.5) is 13.2 Å². The van der Waals surface area contributed by atoms with Crippen molar-refractivity contribution < 1.29 is 23.1 Å². The van der Waals surface area contributed by atoms with Crippen LogP contribution in [-0.2, 0) is 11.0 Å². The largest absolute Gasteiger partial charge is 0.481 e. The molecule has 21 heavy (non-hydrogen) atoms. The lowest BCUT2D eigenvalue weighted by Crippen LogP contribution is -2.34. The van der Waals surface area contributed by atoms with Gasteiger partial charge < -0.3 is 5.11 Å². The van der Waals surface area contributed by atoms with Crippen molar-refractivity contribution in [3.05, 3.63) is 29.6 Å². The van der Waals surface area contributed by atoms with Crippen LogP contribution in [0.5, 0.6) is 0 Å². The van der Waals surface area contributed by atoms with Crippen LogP contribution in [-0.4, -0.2) is 16.1 Å². The van der Waals surface area contributed by atoms with Gasteiger partial charge in [-0.25, -0.2) is 0 Å². The lowest BCUT2D eigenvalue weighted by Gasteiger charge is -2.39. The van der Waals surface area contributed by atoms with Crippen molar-refractivity contribution in [1.29, 1.82) is 0 Å². The summed E-state index contributed by atoms with van der Waals surface area (Å²) in [5, 5.41) is 9.33. The number of carboxylic acid groups (broad SMARTS) is 1. The summed E-state index contributed by atoms with van der Waals surface area (Å²) in [4.78, 5) is 15.2. The molecule has 1 aromatic heterocycles. The average molecular weight is 301 g/mol. The molecule has 2 unspecified atom stereocenters. The summed E-state index contributed by atoms with van der Waals surface area (Å²) in [6.07, 6.45) is -0.732. The van der Waals surface area contributed by atoms with Crippen LogP contribution in [0.3, 0.4) is 0 Å². The molecular formula is C15H18F3NO2. The van der Waals surface area contributed by atoms with Gasteiger partial charge in [0.1, 0.15) is 0 Å². The van der Waals surface area contributed by atoms with Crippen molar-refractivity contribution in [1.82, 2.24) is 4.98 Å². The van der Waals surface area contributed by atoms with Crippen molar-refractivity contribution in [3.63, 3.8) is 0 Å². The van der Waals surface area contributed by atoms with Gasteiger partial charge in [-0.1, -0.05) is 13.8 Å². The highest BCUT2D eigenvalue weighted by molar-refractivity contribution is 5.71. The van der Waals surface area contributed by atoms with Crippen molar-refractivity contribution in [3.8, 4) is 0 Å². The third-order valence-electron chi connectivity index (χ3n) is 4.26. The van der Waals surface area contributed by atoms with Gasteiger partial charge in [0, 0.05) is 12.4 Å². The van der Waals surface area contributed by atoms with E-state index >= 15 is 0 Å². The first-order valence-electron chi connectivity index (χ1n) is 6.86. The molecule has 0 aromatic carbocycles. The maximum Gasteiger partial charge on any atom is 0.416 e. The smallest absolute Gasteiger partial charge is 0.416 e. The van der Waals surface area contributed by atoms with Crippen LogP contribution in [0, 0.1) is 11.3 Å². The van der Waals surface area contributed by atoms with Crippen LogP contribution in [0.2, 0.25) is 0 Å². The van der Waals surface area contributed by atoms with Gasteiger partial charge in [-0.15, -0.1) is 0 Å². The van der Waals surface area contributed by atoms with Crippen LogP contribution >= 0.6 is 0 Å². The minimum Gasteiger partial charge on any atom is -0.481 e. The first kappa shape index (κ1) is 15.8. The van der Waals surface area contributed by atoms with E-state index in [0.717, 1.165) is 12.3 Å². The summed E-state index contributed by atoms with van der Waals surface area (Å²) in [7, 11) is 0. The summed E-state index contributed by atoms with van der Waals surface area (Å²) in [5.41, 5.74) is -0.938. The molecule has 0 radical (unpaired) electrons. The second-order valence-electron chi connectivity index (χ2n) is 6.42. The van der Waals surface area contributed by atoms with E-state index in [1.54, 1.807) is 0 Å². The fourth-order valence-corrected chi connectivity index (χ4v) is 3.17. The number of halogens is 3. The Labute approximate surface area is 121 Å². The number of alkyl halides is 3. The van der Waals surface area contributed by atoms with Crippen molar-refractivity contribution in [2.75, 3.05) is 0 Å². The molecule has 1 aliphatic carbocycles. The minimum absolute atomic E-state index is 0.00479. The van der Waals surface area contributed by atoms with E-state index in [0.29, 0.717) is 19.3 Å². The van der Waals surface area contributed by atoms with Crippen molar-refractivity contribution in [2.24, 2.45) is 11.3 Å². The zero-order chi connectivity index (χ0) is 15.8. The zero-order valence-corrected chi connectivity index (χ0v) is 11.9. The summed E-state index contributed by atoms with van der Waals surface area (Å²) in [5.74, 6) is -2.48. The zero-order valence-electron chi connectivity index (χ0n) is 11.9. The topological polar surface area (TPSA) is 50.2 Å². The Morgan fingerprint density at radius 3 is 2.67 bits per heavy atom. The summed E-state index contributed by atoms with van der Waals surface area (Å²) in [6.45, 7) is 3.92. The molecule has 0 bridgehead atoms. The molecule has 1 aromatic rings. The molecule has 2 atom stereocenters. The van der Waals surface area contributed by atoms with Crippen LogP contribution < -0.4 is 0 Å². The van der Waals surface area contributed by atoms with E-state index in [4.69, 9.17) is 0 Å². The monoisotopic (exact) mass is 301 g/mol. The standard InChI is InChI=1S/C15H18F3NO2/c1-14(2)5-3-9(13(20)21)10(7-14)11-8-19-6-4-12(11)15(16,17)18/h4,6,8-10H,3,5,7H2,1-2H3,(H,20,21). The summed E-state index contributed by atoms with van der Waals surface area (Å²) in [6, 6.07) is 0.926. The van der Waals surface area contributed by atoms with Crippen molar-refractivity contribution in [2.45, 2.75) is 45.2 Å². The molecule has 1 N–H and O–H groups in total. The number of aliphatic carboxylic acids is 1. The molecule has 0 saturated heterocycles. The molecule has 0 spiro atoms. The van der Waals surface area contributed by atoms with Gasteiger partial charge >= 0.3 is 12.1 Å². The molecule has 2 rings (SSSR count). The van der Waals surface area contributed by atoms with Gasteiger partial charge in [-0.05, 0) is 42.2 Å².